The van der Waals surface area contributed by atoms with E-state index in [2.05, 4.69) is 5.32 Å². The van der Waals surface area contributed by atoms with E-state index in [-0.39, 0.29) is 19.3 Å². The monoisotopic (exact) mass is 179 g/mol. The number of alkyl halides is 2. The maximum atomic E-state index is 12.9. The summed E-state index contributed by atoms with van der Waals surface area (Å²) >= 11 is 0. The van der Waals surface area contributed by atoms with Crippen LogP contribution in [-0.2, 0) is 0 Å². The first-order valence-corrected chi connectivity index (χ1v) is 4.19. The Morgan fingerprint density at radius 1 is 1.42 bits per heavy atom. The van der Waals surface area contributed by atoms with Gasteiger partial charge < -0.3 is 5.11 Å². The maximum Gasteiger partial charge on any atom is 0.251 e. The van der Waals surface area contributed by atoms with E-state index in [0.29, 0.717) is 0 Å². The predicted octanol–water partition coefficient (Wildman–Crippen LogP) is 1.35. The molecule has 2 N–H and O–H groups in total. The summed E-state index contributed by atoms with van der Waals surface area (Å²) in [4.78, 5) is 0. The summed E-state index contributed by atoms with van der Waals surface area (Å²) < 4.78 is 25.9. The van der Waals surface area contributed by atoms with E-state index in [1.807, 2.05) is 0 Å². The molecule has 0 heterocycles. The van der Waals surface area contributed by atoms with Crippen LogP contribution in [0.1, 0.15) is 26.2 Å². The fraction of sp³-hybridized carbons (Fsp3) is 1.00. The molecule has 0 saturated heterocycles. The highest BCUT2D eigenvalue weighted by Gasteiger charge is 2.46. The minimum atomic E-state index is -2.61. The van der Waals surface area contributed by atoms with Crippen molar-refractivity contribution in [3.8, 4) is 0 Å². The predicted molar refractivity (Wildman–Crippen MR) is 42.0 cm³/mol. The first-order valence-electron chi connectivity index (χ1n) is 4.19. The molecular weight excluding hydrogens is 164 g/mol. The second-order valence-corrected chi connectivity index (χ2v) is 3.65. The molecule has 0 radical (unpaired) electrons. The molecule has 1 aliphatic rings. The first-order chi connectivity index (χ1) is 5.40. The van der Waals surface area contributed by atoms with Crippen molar-refractivity contribution in [2.45, 2.75) is 37.8 Å². The van der Waals surface area contributed by atoms with Crippen molar-refractivity contribution in [3.63, 3.8) is 0 Å². The third-order valence-corrected chi connectivity index (χ3v) is 2.70. The van der Waals surface area contributed by atoms with E-state index in [0.717, 1.165) is 0 Å². The third-order valence-electron chi connectivity index (χ3n) is 2.70. The molecule has 0 spiro atoms. The molecule has 0 aromatic rings. The summed E-state index contributed by atoms with van der Waals surface area (Å²) in [6, 6.07) is 0. The number of nitrogens with one attached hydrogen (secondary N) is 1. The Morgan fingerprint density at radius 3 is 2.42 bits per heavy atom. The smallest absolute Gasteiger partial charge is 0.251 e. The van der Waals surface area contributed by atoms with Gasteiger partial charge in [0.25, 0.3) is 5.92 Å². The molecule has 2 atom stereocenters. The minimum Gasteiger partial charge on any atom is -0.376 e. The molecule has 0 aromatic carbocycles. The van der Waals surface area contributed by atoms with Gasteiger partial charge in [0, 0.05) is 12.3 Å². The van der Waals surface area contributed by atoms with Crippen LogP contribution in [0, 0.1) is 5.92 Å². The Bertz CT molecular complexity index is 174. The molecule has 0 amide bonds. The van der Waals surface area contributed by atoms with Gasteiger partial charge in [-0.3, -0.25) is 5.32 Å². The van der Waals surface area contributed by atoms with Gasteiger partial charge in [-0.05, 0) is 19.9 Å². The van der Waals surface area contributed by atoms with Gasteiger partial charge in [-0.1, -0.05) is 6.92 Å². The van der Waals surface area contributed by atoms with Crippen LogP contribution in [0.25, 0.3) is 0 Å². The maximum absolute atomic E-state index is 12.9. The summed E-state index contributed by atoms with van der Waals surface area (Å²) in [5.74, 6) is -3.35. The summed E-state index contributed by atoms with van der Waals surface area (Å²) in [7, 11) is 1.59. The molecule has 0 aromatic heterocycles. The Hall–Kier alpha value is -0.220. The topological polar surface area (TPSA) is 32.3 Å². The van der Waals surface area contributed by atoms with Gasteiger partial charge in [-0.25, -0.2) is 8.78 Å². The molecule has 1 saturated carbocycles. The largest absolute Gasteiger partial charge is 0.376 e. The number of rotatable bonds is 1. The van der Waals surface area contributed by atoms with Crippen molar-refractivity contribution in [2.24, 2.45) is 5.92 Å². The van der Waals surface area contributed by atoms with Crippen LogP contribution in [0.4, 0.5) is 8.78 Å². The molecular formula is C8H15F2NO. The molecule has 1 rings (SSSR count). The zero-order valence-corrected chi connectivity index (χ0v) is 7.40. The Balaban J connectivity index is 2.63. The highest BCUT2D eigenvalue weighted by molar-refractivity contribution is 4.90. The molecule has 0 bridgehead atoms. The highest BCUT2D eigenvalue weighted by Crippen LogP contribution is 2.41. The molecule has 72 valence electrons. The molecule has 2 nitrogen and oxygen atoms in total. The zero-order chi connectivity index (χ0) is 9.41. The molecule has 2 unspecified atom stereocenters. The van der Waals surface area contributed by atoms with Crippen molar-refractivity contribution in [2.75, 3.05) is 7.05 Å². The number of aliphatic hydroxyl groups is 1. The average molecular weight is 179 g/mol. The lowest BCUT2D eigenvalue weighted by molar-refractivity contribution is -0.149. The summed E-state index contributed by atoms with van der Waals surface area (Å²) in [6.07, 6.45) is 0.0167. The molecule has 4 heteroatoms. The Labute approximate surface area is 71.0 Å². The Morgan fingerprint density at radius 2 is 2.00 bits per heavy atom. The van der Waals surface area contributed by atoms with Gasteiger partial charge in [-0.15, -0.1) is 0 Å². The molecule has 1 aliphatic carbocycles. The SMILES string of the molecule is CNC1(O)CCC(F)(F)C(C)C1. The van der Waals surface area contributed by atoms with Gasteiger partial charge in [-0.2, -0.15) is 0 Å². The Kier molecular flexibility index (Phi) is 2.40. The summed E-state index contributed by atoms with van der Waals surface area (Å²) in [5.41, 5.74) is -1.08. The summed E-state index contributed by atoms with van der Waals surface area (Å²) in [5, 5.41) is 12.3. The average Bonchev–Trinajstić information content (AvgIpc) is 1.99. The van der Waals surface area contributed by atoms with Crippen LogP contribution < -0.4 is 5.32 Å². The van der Waals surface area contributed by atoms with E-state index in [4.69, 9.17) is 0 Å². The number of hydrogen-bond donors (Lipinski definition) is 2. The van der Waals surface area contributed by atoms with E-state index >= 15 is 0 Å². The quantitative estimate of drug-likeness (QED) is 0.595. The third kappa shape index (κ3) is 1.75. The van der Waals surface area contributed by atoms with Crippen LogP contribution in [0.2, 0.25) is 0 Å². The van der Waals surface area contributed by atoms with Crippen molar-refractivity contribution in [1.29, 1.82) is 0 Å². The van der Waals surface area contributed by atoms with Crippen LogP contribution in [0.3, 0.4) is 0 Å². The second-order valence-electron chi connectivity index (χ2n) is 3.65. The van der Waals surface area contributed by atoms with E-state index in [1.165, 1.54) is 6.92 Å². The standard InChI is InChI=1S/C8H15F2NO/c1-6-5-7(12,11-2)3-4-8(6,9)10/h6,11-12H,3-5H2,1-2H3. The zero-order valence-electron chi connectivity index (χ0n) is 7.40. The lowest BCUT2D eigenvalue weighted by atomic mass is 9.81. The lowest BCUT2D eigenvalue weighted by Crippen LogP contribution is -2.51. The molecule has 1 fully saturated rings. The normalized spacial score (nSPS) is 41.2. The van der Waals surface area contributed by atoms with Crippen molar-refractivity contribution < 1.29 is 13.9 Å². The van der Waals surface area contributed by atoms with Crippen LogP contribution in [-0.4, -0.2) is 23.8 Å². The second kappa shape index (κ2) is 2.92. The van der Waals surface area contributed by atoms with E-state index in [1.54, 1.807) is 7.05 Å². The summed E-state index contributed by atoms with van der Waals surface area (Å²) in [6.45, 7) is 1.47. The van der Waals surface area contributed by atoms with Crippen molar-refractivity contribution in [3.05, 3.63) is 0 Å². The van der Waals surface area contributed by atoms with E-state index in [9.17, 15) is 13.9 Å². The van der Waals surface area contributed by atoms with Gasteiger partial charge in [0.05, 0.1) is 0 Å². The fourth-order valence-electron chi connectivity index (χ4n) is 1.60. The van der Waals surface area contributed by atoms with Crippen LogP contribution in [0.15, 0.2) is 0 Å². The first kappa shape index (κ1) is 9.86. The van der Waals surface area contributed by atoms with Crippen molar-refractivity contribution in [1.82, 2.24) is 5.32 Å². The highest BCUT2D eigenvalue weighted by atomic mass is 19.3. The van der Waals surface area contributed by atoms with E-state index < -0.39 is 17.6 Å². The molecule has 0 aliphatic heterocycles. The van der Waals surface area contributed by atoms with Crippen molar-refractivity contribution >= 4 is 0 Å². The lowest BCUT2D eigenvalue weighted by Gasteiger charge is -2.39. The van der Waals surface area contributed by atoms with Gasteiger partial charge in [0.2, 0.25) is 0 Å². The number of hydrogen-bond acceptors (Lipinski definition) is 2. The fourth-order valence-corrected chi connectivity index (χ4v) is 1.60. The molecule has 12 heavy (non-hydrogen) atoms. The van der Waals surface area contributed by atoms with Gasteiger partial charge in [0.15, 0.2) is 0 Å². The number of halogens is 2. The van der Waals surface area contributed by atoms with Gasteiger partial charge >= 0.3 is 0 Å². The van der Waals surface area contributed by atoms with Crippen LogP contribution >= 0.6 is 0 Å². The minimum absolute atomic E-state index is 0.122. The van der Waals surface area contributed by atoms with Gasteiger partial charge in [0.1, 0.15) is 5.72 Å². The van der Waals surface area contributed by atoms with Crippen LogP contribution in [0.5, 0.6) is 0 Å².